The molecule has 0 aliphatic heterocycles. The van der Waals surface area contributed by atoms with E-state index >= 15 is 0 Å². The van der Waals surface area contributed by atoms with Gasteiger partial charge in [0, 0.05) is 23.5 Å². The van der Waals surface area contributed by atoms with Crippen LogP contribution in [0, 0.1) is 0 Å². The molecule has 0 saturated carbocycles. The first-order valence-corrected chi connectivity index (χ1v) is 6.39. The number of benzene rings is 1. The van der Waals surface area contributed by atoms with E-state index in [1.54, 1.807) is 19.5 Å². The molecule has 4 nitrogen and oxygen atoms in total. The van der Waals surface area contributed by atoms with E-state index in [0.29, 0.717) is 12.5 Å². The van der Waals surface area contributed by atoms with Crippen molar-refractivity contribution in [1.82, 2.24) is 9.97 Å². The van der Waals surface area contributed by atoms with Crippen molar-refractivity contribution >= 4 is 0 Å². The average Bonchev–Trinajstić information content (AvgIpc) is 2.47. The van der Waals surface area contributed by atoms with Crippen LogP contribution in [0.2, 0.25) is 0 Å². The number of hydrogen-bond acceptors (Lipinski definition) is 4. The summed E-state index contributed by atoms with van der Waals surface area (Å²) in [4.78, 5) is 8.12. The van der Waals surface area contributed by atoms with E-state index < -0.39 is 0 Å². The molecule has 4 heteroatoms. The maximum absolute atomic E-state index is 5.63. The predicted molar refractivity (Wildman–Crippen MR) is 76.1 cm³/mol. The lowest BCUT2D eigenvalue weighted by Crippen LogP contribution is -2.04. The molecule has 2 aromatic rings. The van der Waals surface area contributed by atoms with Crippen molar-refractivity contribution in [2.75, 3.05) is 13.7 Å². The third-order valence-corrected chi connectivity index (χ3v) is 3.26. The largest absolute Gasteiger partial charge is 0.496 e. The maximum Gasteiger partial charge on any atom is 0.126 e. The molecular weight excluding hydrogens is 238 g/mol. The Hall–Kier alpha value is -1.94. The lowest BCUT2D eigenvalue weighted by atomic mass is 9.94. The van der Waals surface area contributed by atoms with Gasteiger partial charge in [-0.15, -0.1) is 0 Å². The standard InChI is InChI=1S/C15H19N3O/c1-11(5-6-16)12-3-4-15(19-2)14(7-12)13-8-17-10-18-9-13/h3-4,7-11H,5-6,16H2,1-2H3. The lowest BCUT2D eigenvalue weighted by molar-refractivity contribution is 0.416. The Kier molecular flexibility index (Phi) is 4.47. The minimum atomic E-state index is 0.430. The summed E-state index contributed by atoms with van der Waals surface area (Å²) in [5.74, 6) is 1.26. The molecular formula is C15H19N3O. The van der Waals surface area contributed by atoms with Crippen LogP contribution in [0.15, 0.2) is 36.9 Å². The fourth-order valence-electron chi connectivity index (χ4n) is 2.11. The van der Waals surface area contributed by atoms with E-state index in [1.165, 1.54) is 11.9 Å². The zero-order valence-corrected chi connectivity index (χ0v) is 11.3. The van der Waals surface area contributed by atoms with Crippen molar-refractivity contribution in [3.8, 4) is 16.9 Å². The van der Waals surface area contributed by atoms with Crippen LogP contribution in [0.25, 0.3) is 11.1 Å². The normalized spacial score (nSPS) is 12.2. The van der Waals surface area contributed by atoms with Crippen molar-refractivity contribution in [1.29, 1.82) is 0 Å². The summed E-state index contributed by atoms with van der Waals surface area (Å²) in [5, 5.41) is 0. The molecule has 0 radical (unpaired) electrons. The monoisotopic (exact) mass is 257 g/mol. The second-order valence-corrected chi connectivity index (χ2v) is 4.57. The highest BCUT2D eigenvalue weighted by Gasteiger charge is 2.11. The van der Waals surface area contributed by atoms with E-state index in [9.17, 15) is 0 Å². The molecule has 1 aromatic carbocycles. The van der Waals surface area contributed by atoms with E-state index in [4.69, 9.17) is 10.5 Å². The smallest absolute Gasteiger partial charge is 0.126 e. The Labute approximate surface area is 113 Å². The summed E-state index contributed by atoms with van der Waals surface area (Å²) in [6, 6.07) is 6.22. The summed E-state index contributed by atoms with van der Waals surface area (Å²) >= 11 is 0. The molecule has 2 N–H and O–H groups in total. The molecule has 0 fully saturated rings. The fraction of sp³-hybridized carbons (Fsp3) is 0.333. The van der Waals surface area contributed by atoms with E-state index in [-0.39, 0.29) is 0 Å². The number of aromatic nitrogens is 2. The first-order chi connectivity index (χ1) is 9.26. The molecule has 0 aliphatic carbocycles. The SMILES string of the molecule is COc1ccc(C(C)CCN)cc1-c1cncnc1. The van der Waals surface area contributed by atoms with Gasteiger partial charge in [-0.25, -0.2) is 9.97 Å². The predicted octanol–water partition coefficient (Wildman–Crippen LogP) is 2.60. The Morgan fingerprint density at radius 1 is 1.26 bits per heavy atom. The van der Waals surface area contributed by atoms with Crippen LogP contribution in [-0.4, -0.2) is 23.6 Å². The number of ether oxygens (including phenoxy) is 1. The Bertz CT molecular complexity index is 528. The lowest BCUT2D eigenvalue weighted by Gasteiger charge is -2.14. The molecule has 1 atom stereocenters. The maximum atomic E-state index is 5.63. The van der Waals surface area contributed by atoms with Crippen LogP contribution in [0.3, 0.4) is 0 Å². The molecule has 0 amide bonds. The zero-order chi connectivity index (χ0) is 13.7. The van der Waals surface area contributed by atoms with E-state index in [0.717, 1.165) is 23.3 Å². The molecule has 1 aromatic heterocycles. The first-order valence-electron chi connectivity index (χ1n) is 6.39. The number of rotatable bonds is 5. The molecule has 1 unspecified atom stereocenters. The number of hydrogen-bond donors (Lipinski definition) is 1. The summed E-state index contributed by atoms with van der Waals surface area (Å²) in [6.07, 6.45) is 6.08. The van der Waals surface area contributed by atoms with Crippen LogP contribution >= 0.6 is 0 Å². The zero-order valence-electron chi connectivity index (χ0n) is 11.3. The molecule has 2 rings (SSSR count). The van der Waals surface area contributed by atoms with Gasteiger partial charge in [0.25, 0.3) is 0 Å². The summed E-state index contributed by atoms with van der Waals surface area (Å²) in [5.41, 5.74) is 8.86. The van der Waals surface area contributed by atoms with Crippen LogP contribution in [0.4, 0.5) is 0 Å². The van der Waals surface area contributed by atoms with Gasteiger partial charge >= 0.3 is 0 Å². The van der Waals surface area contributed by atoms with Gasteiger partial charge in [-0.1, -0.05) is 13.0 Å². The third kappa shape index (κ3) is 3.09. The van der Waals surface area contributed by atoms with Gasteiger partial charge in [0.1, 0.15) is 12.1 Å². The van der Waals surface area contributed by atoms with Gasteiger partial charge in [-0.3, -0.25) is 0 Å². The quantitative estimate of drug-likeness (QED) is 0.894. The molecule has 100 valence electrons. The second kappa shape index (κ2) is 6.29. The van der Waals surface area contributed by atoms with Crippen molar-refractivity contribution in [2.45, 2.75) is 19.3 Å². The van der Waals surface area contributed by atoms with Gasteiger partial charge in [-0.05, 0) is 36.6 Å². The van der Waals surface area contributed by atoms with E-state index in [1.807, 2.05) is 6.07 Å². The van der Waals surface area contributed by atoms with Crippen LogP contribution in [0.1, 0.15) is 24.8 Å². The fourth-order valence-corrected chi connectivity index (χ4v) is 2.11. The molecule has 1 heterocycles. The molecule has 0 spiro atoms. The molecule has 19 heavy (non-hydrogen) atoms. The van der Waals surface area contributed by atoms with Crippen molar-refractivity contribution in [3.05, 3.63) is 42.5 Å². The number of nitrogens with two attached hydrogens (primary N) is 1. The third-order valence-electron chi connectivity index (χ3n) is 3.26. The molecule has 0 aliphatic rings. The van der Waals surface area contributed by atoms with Gasteiger partial charge in [0.15, 0.2) is 0 Å². The number of methoxy groups -OCH3 is 1. The highest BCUT2D eigenvalue weighted by Crippen LogP contribution is 2.32. The number of nitrogens with zero attached hydrogens (tertiary/aromatic N) is 2. The summed E-state index contributed by atoms with van der Waals surface area (Å²) in [6.45, 7) is 2.87. The first kappa shape index (κ1) is 13.5. The Morgan fingerprint density at radius 3 is 2.63 bits per heavy atom. The van der Waals surface area contributed by atoms with Crippen LogP contribution in [-0.2, 0) is 0 Å². The van der Waals surface area contributed by atoms with Gasteiger partial charge in [0.2, 0.25) is 0 Å². The summed E-state index contributed by atoms with van der Waals surface area (Å²) in [7, 11) is 1.67. The van der Waals surface area contributed by atoms with Crippen molar-refractivity contribution in [2.24, 2.45) is 5.73 Å². The van der Waals surface area contributed by atoms with E-state index in [2.05, 4.69) is 29.0 Å². The highest BCUT2D eigenvalue weighted by molar-refractivity contribution is 5.70. The highest BCUT2D eigenvalue weighted by atomic mass is 16.5. The van der Waals surface area contributed by atoms with Crippen LogP contribution in [0.5, 0.6) is 5.75 Å². The Balaban J connectivity index is 2.43. The van der Waals surface area contributed by atoms with Crippen LogP contribution < -0.4 is 10.5 Å². The minimum Gasteiger partial charge on any atom is -0.496 e. The minimum absolute atomic E-state index is 0.430. The van der Waals surface area contributed by atoms with Gasteiger partial charge in [0.05, 0.1) is 7.11 Å². The topological polar surface area (TPSA) is 61.0 Å². The second-order valence-electron chi connectivity index (χ2n) is 4.57. The average molecular weight is 257 g/mol. The summed E-state index contributed by atoms with van der Waals surface area (Å²) < 4.78 is 5.41. The van der Waals surface area contributed by atoms with Gasteiger partial charge < -0.3 is 10.5 Å². The molecule has 0 saturated heterocycles. The van der Waals surface area contributed by atoms with Crippen molar-refractivity contribution < 1.29 is 4.74 Å². The van der Waals surface area contributed by atoms with Crippen molar-refractivity contribution in [3.63, 3.8) is 0 Å². The Morgan fingerprint density at radius 2 is 2.00 bits per heavy atom. The van der Waals surface area contributed by atoms with Gasteiger partial charge in [-0.2, -0.15) is 0 Å². The molecule has 0 bridgehead atoms.